The maximum Gasteiger partial charge on any atom is 0.269 e. The number of carbonyl (C=O) groups excluding carboxylic acids is 1. The summed E-state index contributed by atoms with van der Waals surface area (Å²) in [5.74, 6) is 0.633. The predicted octanol–water partition coefficient (Wildman–Crippen LogP) is 5.64. The molecule has 0 saturated heterocycles. The summed E-state index contributed by atoms with van der Waals surface area (Å²) in [5.41, 5.74) is 4.73. The van der Waals surface area contributed by atoms with E-state index in [1.165, 1.54) is 30.3 Å². The number of thioether (sulfide) groups is 1. The largest absolute Gasteiger partial charge is 0.299 e. The lowest BCUT2D eigenvalue weighted by Gasteiger charge is -2.25. The molecule has 0 spiro atoms. The maximum absolute atomic E-state index is 12.5. The molecule has 1 aliphatic carbocycles. The zero-order valence-corrected chi connectivity index (χ0v) is 20.8. The van der Waals surface area contributed by atoms with Crippen molar-refractivity contribution < 1.29 is 9.72 Å². The van der Waals surface area contributed by atoms with Crippen LogP contribution in [-0.2, 0) is 4.79 Å². The van der Waals surface area contributed by atoms with Gasteiger partial charge in [0.2, 0.25) is 0 Å². The molecule has 3 aromatic rings. The van der Waals surface area contributed by atoms with Crippen molar-refractivity contribution in [3.63, 3.8) is 0 Å². The highest BCUT2D eigenvalue weighted by molar-refractivity contribution is 7.99. The third kappa shape index (κ3) is 6.26. The van der Waals surface area contributed by atoms with Crippen LogP contribution in [0.2, 0.25) is 5.02 Å². The van der Waals surface area contributed by atoms with Gasteiger partial charge in [-0.15, -0.1) is 10.2 Å². The molecule has 1 amide bonds. The molecule has 9 nitrogen and oxygen atoms in total. The molecule has 1 N–H and O–H groups in total. The summed E-state index contributed by atoms with van der Waals surface area (Å²) in [6.07, 6.45) is 5.65. The number of rotatable bonds is 8. The summed E-state index contributed by atoms with van der Waals surface area (Å²) in [4.78, 5) is 22.8. The molecular weight excluding hydrogens is 488 g/mol. The highest BCUT2D eigenvalue weighted by Gasteiger charge is 2.24. The van der Waals surface area contributed by atoms with Crippen LogP contribution < -0.4 is 5.43 Å². The van der Waals surface area contributed by atoms with Crippen LogP contribution in [0.5, 0.6) is 0 Å². The monoisotopic (exact) mass is 512 g/mol. The van der Waals surface area contributed by atoms with Crippen LogP contribution in [0, 0.1) is 10.1 Å². The van der Waals surface area contributed by atoms with Crippen molar-refractivity contribution in [1.82, 2.24) is 20.2 Å². The van der Waals surface area contributed by atoms with Crippen LogP contribution >= 0.6 is 23.4 Å². The Bertz CT molecular complexity index is 1220. The Kier molecular flexibility index (Phi) is 8.14. The van der Waals surface area contributed by atoms with Crippen molar-refractivity contribution in [2.75, 3.05) is 5.75 Å². The second kappa shape index (κ2) is 11.5. The van der Waals surface area contributed by atoms with Crippen molar-refractivity contribution >= 4 is 40.7 Å². The first-order valence-electron chi connectivity index (χ1n) is 11.3. The van der Waals surface area contributed by atoms with Gasteiger partial charge in [-0.25, -0.2) is 5.43 Å². The van der Waals surface area contributed by atoms with E-state index in [1.54, 1.807) is 19.1 Å². The van der Waals surface area contributed by atoms with Crippen LogP contribution in [0.25, 0.3) is 11.4 Å². The number of hydrogen-bond donors (Lipinski definition) is 1. The Morgan fingerprint density at radius 1 is 1.14 bits per heavy atom. The fourth-order valence-corrected chi connectivity index (χ4v) is 4.96. The molecule has 1 aliphatic rings. The molecular formula is C24H25ClN6O3S. The Balaban J connectivity index is 1.44. The SMILES string of the molecule is C/C(=N\NC(=O)CSc1nnc(-c2ccc(Cl)cc2)n1C1CCCCC1)c1ccc([N+](=O)[O-])cc1. The summed E-state index contributed by atoms with van der Waals surface area (Å²) in [5, 5.41) is 25.1. The number of nitro groups is 1. The first kappa shape index (κ1) is 24.9. The number of non-ortho nitro benzene ring substituents is 1. The first-order chi connectivity index (χ1) is 16.9. The number of carbonyl (C=O) groups is 1. The smallest absolute Gasteiger partial charge is 0.269 e. The molecule has 0 unspecified atom stereocenters. The average molecular weight is 513 g/mol. The van der Waals surface area contributed by atoms with E-state index in [0.717, 1.165) is 37.1 Å². The van der Waals surface area contributed by atoms with Gasteiger partial charge in [0, 0.05) is 28.8 Å². The minimum atomic E-state index is -0.459. The lowest BCUT2D eigenvalue weighted by Crippen LogP contribution is -2.22. The number of nitro benzene ring substituents is 1. The van der Waals surface area contributed by atoms with Gasteiger partial charge in [-0.2, -0.15) is 5.10 Å². The Hall–Kier alpha value is -3.24. The lowest BCUT2D eigenvalue weighted by atomic mass is 9.95. The van der Waals surface area contributed by atoms with Gasteiger partial charge in [-0.1, -0.05) is 42.6 Å². The average Bonchev–Trinajstić information content (AvgIpc) is 3.31. The van der Waals surface area contributed by atoms with Crippen LogP contribution in [-0.4, -0.2) is 37.1 Å². The number of amides is 1. The molecule has 182 valence electrons. The first-order valence-corrected chi connectivity index (χ1v) is 12.7. The van der Waals surface area contributed by atoms with E-state index in [1.807, 2.05) is 24.3 Å². The second-order valence-corrected chi connectivity index (χ2v) is 9.68. The van der Waals surface area contributed by atoms with Gasteiger partial charge < -0.3 is 0 Å². The highest BCUT2D eigenvalue weighted by atomic mass is 35.5. The van der Waals surface area contributed by atoms with Gasteiger partial charge in [-0.05, 0) is 61.7 Å². The number of hydrazone groups is 1. The van der Waals surface area contributed by atoms with Gasteiger partial charge in [0.1, 0.15) is 0 Å². The summed E-state index contributed by atoms with van der Waals surface area (Å²) >= 11 is 7.39. The van der Waals surface area contributed by atoms with Crippen LogP contribution in [0.15, 0.2) is 58.8 Å². The van der Waals surface area contributed by atoms with E-state index in [9.17, 15) is 14.9 Å². The third-order valence-electron chi connectivity index (χ3n) is 5.88. The van der Waals surface area contributed by atoms with Crippen LogP contribution in [0.1, 0.15) is 50.6 Å². The molecule has 35 heavy (non-hydrogen) atoms. The number of hydrogen-bond acceptors (Lipinski definition) is 7. The normalized spacial score (nSPS) is 14.6. The van der Waals surface area contributed by atoms with E-state index in [2.05, 4.69) is 25.3 Å². The zero-order chi connectivity index (χ0) is 24.8. The molecule has 1 heterocycles. The Morgan fingerprint density at radius 2 is 1.83 bits per heavy atom. The molecule has 1 fully saturated rings. The number of nitrogens with one attached hydrogen (secondary N) is 1. The van der Waals surface area contributed by atoms with E-state index in [-0.39, 0.29) is 23.4 Å². The number of halogens is 1. The standard InChI is InChI=1S/C24H25ClN6O3S/c1-16(17-9-13-21(14-10-17)31(33)34)26-27-22(32)15-35-24-29-28-23(18-7-11-19(25)12-8-18)30(24)20-5-3-2-4-6-20/h7-14,20H,2-6,15H2,1H3,(H,27,32)/b26-16+. The number of nitrogens with zero attached hydrogens (tertiary/aromatic N) is 5. The van der Waals surface area contributed by atoms with Crippen molar-refractivity contribution in [3.05, 3.63) is 69.2 Å². The van der Waals surface area contributed by atoms with Gasteiger partial charge in [0.05, 0.1) is 16.4 Å². The zero-order valence-electron chi connectivity index (χ0n) is 19.2. The molecule has 1 aromatic heterocycles. The second-order valence-electron chi connectivity index (χ2n) is 8.30. The molecule has 0 aliphatic heterocycles. The summed E-state index contributed by atoms with van der Waals surface area (Å²) in [6.45, 7) is 1.73. The van der Waals surface area contributed by atoms with E-state index >= 15 is 0 Å². The van der Waals surface area contributed by atoms with Crippen molar-refractivity contribution in [2.24, 2.45) is 5.10 Å². The van der Waals surface area contributed by atoms with Gasteiger partial charge in [0.15, 0.2) is 11.0 Å². The Labute approximate surface area is 212 Å². The number of benzene rings is 2. The fourth-order valence-electron chi connectivity index (χ4n) is 4.04. The topological polar surface area (TPSA) is 115 Å². The minimum absolute atomic E-state index is 0.00188. The molecule has 0 radical (unpaired) electrons. The summed E-state index contributed by atoms with van der Waals surface area (Å²) < 4.78 is 2.16. The molecule has 0 atom stereocenters. The van der Waals surface area contributed by atoms with E-state index in [4.69, 9.17) is 11.6 Å². The van der Waals surface area contributed by atoms with Gasteiger partial charge >= 0.3 is 0 Å². The van der Waals surface area contributed by atoms with E-state index < -0.39 is 4.92 Å². The number of aromatic nitrogens is 3. The molecule has 4 rings (SSSR count). The predicted molar refractivity (Wildman–Crippen MR) is 137 cm³/mol. The van der Waals surface area contributed by atoms with Crippen molar-refractivity contribution in [2.45, 2.75) is 50.2 Å². The maximum atomic E-state index is 12.5. The van der Waals surface area contributed by atoms with Crippen LogP contribution in [0.4, 0.5) is 5.69 Å². The fraction of sp³-hybridized carbons (Fsp3) is 0.333. The van der Waals surface area contributed by atoms with Crippen LogP contribution in [0.3, 0.4) is 0 Å². The molecule has 11 heteroatoms. The lowest BCUT2D eigenvalue weighted by molar-refractivity contribution is -0.384. The van der Waals surface area contributed by atoms with Gasteiger partial charge in [-0.3, -0.25) is 19.5 Å². The Morgan fingerprint density at radius 3 is 2.49 bits per heavy atom. The quantitative estimate of drug-likeness (QED) is 0.180. The molecule has 1 saturated carbocycles. The molecule has 2 aromatic carbocycles. The van der Waals surface area contributed by atoms with Gasteiger partial charge in [0.25, 0.3) is 11.6 Å². The van der Waals surface area contributed by atoms with Crippen molar-refractivity contribution in [1.29, 1.82) is 0 Å². The summed E-state index contributed by atoms with van der Waals surface area (Å²) in [7, 11) is 0. The summed E-state index contributed by atoms with van der Waals surface area (Å²) in [6, 6.07) is 13.8. The minimum Gasteiger partial charge on any atom is -0.299 e. The van der Waals surface area contributed by atoms with Crippen molar-refractivity contribution in [3.8, 4) is 11.4 Å². The highest BCUT2D eigenvalue weighted by Crippen LogP contribution is 2.35. The van der Waals surface area contributed by atoms with E-state index in [0.29, 0.717) is 21.5 Å². The third-order valence-corrected chi connectivity index (χ3v) is 7.08. The molecule has 0 bridgehead atoms.